The summed E-state index contributed by atoms with van der Waals surface area (Å²) in [6.45, 7) is 0. The highest BCUT2D eigenvalue weighted by Crippen LogP contribution is 2.20. The lowest BCUT2D eigenvalue weighted by molar-refractivity contribution is 0.104. The van der Waals surface area contributed by atoms with Crippen molar-refractivity contribution >= 4 is 23.6 Å². The molecule has 0 saturated carbocycles. The van der Waals surface area contributed by atoms with Gasteiger partial charge in [-0.15, -0.1) is 11.8 Å². The van der Waals surface area contributed by atoms with Gasteiger partial charge in [-0.3, -0.25) is 4.79 Å². The molecule has 0 aliphatic carbocycles. The van der Waals surface area contributed by atoms with Crippen LogP contribution in [0.1, 0.15) is 15.9 Å². The molecule has 0 unspecified atom stereocenters. The fraction of sp³-hybridized carbons (Fsp3) is 0.0455. The Hall–Kier alpha value is -2.58. The maximum atomic E-state index is 12.2. The standard InChI is InChI=1S/C22H18OS/c1-24-21-14-12-20(13-15-21)22(23)16-9-17-7-10-19(11-8-17)18-5-3-2-4-6-18/h2-16H,1H3/b16-9+. The van der Waals surface area contributed by atoms with Crippen LogP contribution in [0.5, 0.6) is 0 Å². The quantitative estimate of drug-likeness (QED) is 0.325. The minimum absolute atomic E-state index is 0.0230. The summed E-state index contributed by atoms with van der Waals surface area (Å²) in [5.41, 5.74) is 4.10. The van der Waals surface area contributed by atoms with E-state index >= 15 is 0 Å². The zero-order chi connectivity index (χ0) is 16.8. The molecule has 0 N–H and O–H groups in total. The molecule has 24 heavy (non-hydrogen) atoms. The van der Waals surface area contributed by atoms with Crippen molar-refractivity contribution in [2.45, 2.75) is 4.90 Å². The van der Waals surface area contributed by atoms with Crippen LogP contribution in [0.25, 0.3) is 17.2 Å². The lowest BCUT2D eigenvalue weighted by atomic mass is 10.0. The van der Waals surface area contributed by atoms with Crippen molar-refractivity contribution in [2.24, 2.45) is 0 Å². The van der Waals surface area contributed by atoms with Crippen LogP contribution >= 0.6 is 11.8 Å². The van der Waals surface area contributed by atoms with Crippen LogP contribution in [0.15, 0.2) is 89.8 Å². The highest BCUT2D eigenvalue weighted by Gasteiger charge is 2.02. The average Bonchev–Trinajstić information content (AvgIpc) is 2.67. The molecule has 0 spiro atoms. The van der Waals surface area contributed by atoms with E-state index in [1.54, 1.807) is 17.8 Å². The molecule has 3 aromatic rings. The number of ketones is 1. The molecule has 2 heteroatoms. The van der Waals surface area contributed by atoms with Gasteiger partial charge in [0.25, 0.3) is 0 Å². The van der Waals surface area contributed by atoms with E-state index in [-0.39, 0.29) is 5.78 Å². The molecule has 0 aliphatic rings. The van der Waals surface area contributed by atoms with E-state index in [2.05, 4.69) is 24.3 Å². The highest BCUT2D eigenvalue weighted by molar-refractivity contribution is 7.98. The summed E-state index contributed by atoms with van der Waals surface area (Å²) in [6, 6.07) is 26.2. The number of allylic oxidation sites excluding steroid dienone is 1. The maximum absolute atomic E-state index is 12.2. The van der Waals surface area contributed by atoms with Crippen molar-refractivity contribution in [2.75, 3.05) is 6.26 Å². The first-order valence-corrected chi connectivity index (χ1v) is 9.01. The van der Waals surface area contributed by atoms with Crippen molar-refractivity contribution in [3.63, 3.8) is 0 Å². The zero-order valence-electron chi connectivity index (χ0n) is 13.5. The summed E-state index contributed by atoms with van der Waals surface area (Å²) < 4.78 is 0. The monoisotopic (exact) mass is 330 g/mol. The molecule has 0 aliphatic heterocycles. The lowest BCUT2D eigenvalue weighted by Crippen LogP contribution is -1.93. The molecule has 3 rings (SSSR count). The van der Waals surface area contributed by atoms with Gasteiger partial charge in [-0.1, -0.05) is 60.7 Å². The van der Waals surface area contributed by atoms with Crippen molar-refractivity contribution in [3.8, 4) is 11.1 Å². The largest absolute Gasteiger partial charge is 0.289 e. The molecule has 0 radical (unpaired) electrons. The number of carbonyl (C=O) groups is 1. The van der Waals surface area contributed by atoms with Gasteiger partial charge in [0.1, 0.15) is 0 Å². The first-order chi connectivity index (χ1) is 11.8. The van der Waals surface area contributed by atoms with Crippen LogP contribution in [0.4, 0.5) is 0 Å². The second-order valence-corrected chi connectivity index (χ2v) is 6.29. The molecule has 0 aromatic heterocycles. The zero-order valence-corrected chi connectivity index (χ0v) is 14.3. The average molecular weight is 330 g/mol. The van der Waals surface area contributed by atoms with Gasteiger partial charge in [0.2, 0.25) is 0 Å². The van der Waals surface area contributed by atoms with E-state index in [9.17, 15) is 4.79 Å². The third-order valence-corrected chi connectivity index (χ3v) is 4.56. The Kier molecular flexibility index (Phi) is 5.29. The van der Waals surface area contributed by atoms with Crippen LogP contribution in [-0.4, -0.2) is 12.0 Å². The Bertz CT molecular complexity index is 831. The van der Waals surface area contributed by atoms with Crippen LogP contribution in [0, 0.1) is 0 Å². The fourth-order valence-corrected chi connectivity index (χ4v) is 2.85. The molecule has 3 aromatic carbocycles. The number of carbonyl (C=O) groups excluding carboxylic acids is 1. The van der Waals surface area contributed by atoms with Gasteiger partial charge in [0, 0.05) is 10.5 Å². The Labute approximate surface area is 147 Å². The van der Waals surface area contributed by atoms with Crippen LogP contribution < -0.4 is 0 Å². The first kappa shape index (κ1) is 16.3. The third-order valence-electron chi connectivity index (χ3n) is 3.82. The summed E-state index contributed by atoms with van der Waals surface area (Å²) in [4.78, 5) is 13.4. The topological polar surface area (TPSA) is 17.1 Å². The van der Waals surface area contributed by atoms with E-state index < -0.39 is 0 Å². The molecule has 0 saturated heterocycles. The molecule has 118 valence electrons. The SMILES string of the molecule is CSc1ccc(C(=O)/C=C/c2ccc(-c3ccccc3)cc2)cc1. The smallest absolute Gasteiger partial charge is 0.185 e. The normalized spacial score (nSPS) is 10.9. The molecule has 0 heterocycles. The molecular formula is C22H18OS. The minimum Gasteiger partial charge on any atom is -0.289 e. The third kappa shape index (κ3) is 4.03. The number of thioether (sulfide) groups is 1. The molecule has 0 fully saturated rings. The second-order valence-electron chi connectivity index (χ2n) is 5.41. The molecule has 0 bridgehead atoms. The van der Waals surface area contributed by atoms with Gasteiger partial charge in [-0.25, -0.2) is 0 Å². The van der Waals surface area contributed by atoms with Crippen molar-refractivity contribution in [3.05, 3.63) is 96.1 Å². The summed E-state index contributed by atoms with van der Waals surface area (Å²) in [7, 11) is 0. The Balaban J connectivity index is 1.71. The molecule has 0 amide bonds. The Morgan fingerprint density at radius 3 is 2.04 bits per heavy atom. The van der Waals surface area contributed by atoms with Gasteiger partial charge in [0.05, 0.1) is 0 Å². The maximum Gasteiger partial charge on any atom is 0.185 e. The minimum atomic E-state index is 0.0230. The Morgan fingerprint density at radius 1 is 0.792 bits per heavy atom. The van der Waals surface area contributed by atoms with E-state index in [0.717, 1.165) is 10.5 Å². The summed E-state index contributed by atoms with van der Waals surface area (Å²) in [5.74, 6) is 0.0230. The van der Waals surface area contributed by atoms with Crippen LogP contribution in [-0.2, 0) is 0 Å². The number of benzene rings is 3. The predicted octanol–water partition coefficient (Wildman–Crippen LogP) is 5.97. The van der Waals surface area contributed by atoms with E-state index in [1.807, 2.05) is 66.9 Å². The number of hydrogen-bond donors (Lipinski definition) is 0. The molecular weight excluding hydrogens is 312 g/mol. The number of rotatable bonds is 5. The van der Waals surface area contributed by atoms with Crippen molar-refractivity contribution in [1.29, 1.82) is 0 Å². The highest BCUT2D eigenvalue weighted by atomic mass is 32.2. The van der Waals surface area contributed by atoms with Crippen LogP contribution in [0.2, 0.25) is 0 Å². The van der Waals surface area contributed by atoms with Gasteiger partial charge >= 0.3 is 0 Å². The van der Waals surface area contributed by atoms with Gasteiger partial charge < -0.3 is 0 Å². The van der Waals surface area contributed by atoms with Crippen molar-refractivity contribution < 1.29 is 4.79 Å². The first-order valence-electron chi connectivity index (χ1n) is 7.78. The van der Waals surface area contributed by atoms with E-state index in [0.29, 0.717) is 5.56 Å². The summed E-state index contributed by atoms with van der Waals surface area (Å²) in [5, 5.41) is 0. The van der Waals surface area contributed by atoms with E-state index in [1.165, 1.54) is 11.1 Å². The summed E-state index contributed by atoms with van der Waals surface area (Å²) >= 11 is 1.67. The van der Waals surface area contributed by atoms with E-state index in [4.69, 9.17) is 0 Å². The predicted molar refractivity (Wildman–Crippen MR) is 103 cm³/mol. The van der Waals surface area contributed by atoms with Gasteiger partial charge in [-0.2, -0.15) is 0 Å². The summed E-state index contributed by atoms with van der Waals surface area (Å²) in [6.07, 6.45) is 5.51. The number of hydrogen-bond acceptors (Lipinski definition) is 2. The second kappa shape index (κ2) is 7.80. The van der Waals surface area contributed by atoms with Gasteiger partial charge in [0.15, 0.2) is 5.78 Å². The Morgan fingerprint density at radius 2 is 1.42 bits per heavy atom. The molecule has 1 nitrogen and oxygen atoms in total. The molecule has 0 atom stereocenters. The lowest BCUT2D eigenvalue weighted by Gasteiger charge is -2.02. The van der Waals surface area contributed by atoms with Gasteiger partial charge in [-0.05, 0) is 53.3 Å². The fourth-order valence-electron chi connectivity index (χ4n) is 2.44. The van der Waals surface area contributed by atoms with Crippen molar-refractivity contribution in [1.82, 2.24) is 0 Å². The van der Waals surface area contributed by atoms with Crippen LogP contribution in [0.3, 0.4) is 0 Å².